The van der Waals surface area contributed by atoms with Gasteiger partial charge >= 0.3 is 10.1 Å². The number of halogens is 2. The highest BCUT2D eigenvalue weighted by Gasteiger charge is 2.18. The van der Waals surface area contributed by atoms with Gasteiger partial charge in [0.1, 0.15) is 4.90 Å². The molecule has 0 saturated carbocycles. The van der Waals surface area contributed by atoms with Gasteiger partial charge in [-0.3, -0.25) is 10.2 Å². The summed E-state index contributed by atoms with van der Waals surface area (Å²) in [5.74, 6) is -0.992. The molecule has 2 aromatic rings. The number of primary amides is 1. The maximum atomic E-state index is 12.2. The first-order valence-electron chi connectivity index (χ1n) is 7.00. The molecule has 2 rings (SSSR count). The zero-order valence-corrected chi connectivity index (χ0v) is 15.2. The highest BCUT2D eigenvalue weighted by Crippen LogP contribution is 2.20. The van der Waals surface area contributed by atoms with E-state index in [0.717, 1.165) is 0 Å². The second-order valence-corrected chi connectivity index (χ2v) is 7.62. The van der Waals surface area contributed by atoms with Crippen LogP contribution in [0.25, 0.3) is 0 Å². The van der Waals surface area contributed by atoms with Gasteiger partial charge in [0.05, 0.1) is 6.42 Å². The van der Waals surface area contributed by atoms with Crippen molar-refractivity contribution in [1.29, 1.82) is 5.41 Å². The molecule has 0 radical (unpaired) electrons. The molecule has 1 amide bonds. The zero-order valence-electron chi connectivity index (χ0n) is 12.8. The van der Waals surface area contributed by atoms with E-state index in [-0.39, 0.29) is 17.7 Å². The normalized spacial score (nSPS) is 11.1. The van der Waals surface area contributed by atoms with Gasteiger partial charge in [-0.25, -0.2) is 0 Å². The van der Waals surface area contributed by atoms with E-state index in [2.05, 4.69) is 0 Å². The molecule has 0 atom stereocenters. The highest BCUT2D eigenvalue weighted by atomic mass is 35.5. The van der Waals surface area contributed by atoms with Gasteiger partial charge in [0.15, 0.2) is 0 Å². The van der Waals surface area contributed by atoms with Crippen LogP contribution >= 0.6 is 23.2 Å². The number of benzene rings is 2. The monoisotopic (exact) mass is 400 g/mol. The van der Waals surface area contributed by atoms with E-state index in [9.17, 15) is 13.2 Å². The Morgan fingerprint density at radius 3 is 2.08 bits per heavy atom. The zero-order chi connectivity index (χ0) is 18.6. The van der Waals surface area contributed by atoms with E-state index in [0.29, 0.717) is 21.2 Å². The molecule has 0 fully saturated rings. The predicted molar refractivity (Wildman–Crippen MR) is 95.5 cm³/mol. The van der Waals surface area contributed by atoms with Gasteiger partial charge in [0, 0.05) is 16.5 Å². The first kappa shape index (κ1) is 19.2. The molecule has 0 aliphatic carbocycles. The fourth-order valence-corrected chi connectivity index (χ4v) is 3.54. The molecule has 0 aromatic heterocycles. The lowest BCUT2D eigenvalue weighted by Gasteiger charge is -2.09. The van der Waals surface area contributed by atoms with E-state index in [1.54, 1.807) is 12.1 Å². The summed E-state index contributed by atoms with van der Waals surface area (Å²) >= 11 is 11.7. The van der Waals surface area contributed by atoms with Crippen molar-refractivity contribution in [2.24, 2.45) is 5.73 Å². The van der Waals surface area contributed by atoms with Gasteiger partial charge in [0.2, 0.25) is 11.8 Å². The third-order valence-corrected chi connectivity index (χ3v) is 4.79. The minimum Gasteiger partial charge on any atom is -0.369 e. The Balaban J connectivity index is 2.09. The smallest absolute Gasteiger partial charge is 0.340 e. The van der Waals surface area contributed by atoms with Crippen LogP contribution in [0.3, 0.4) is 0 Å². The van der Waals surface area contributed by atoms with Crippen LogP contribution in [0.2, 0.25) is 10.0 Å². The number of nitrogens with one attached hydrogen (secondary N) is 1. The van der Waals surface area contributed by atoms with Crippen LogP contribution in [0.15, 0.2) is 47.4 Å². The number of hydrogen-bond donors (Lipinski definition) is 2. The summed E-state index contributed by atoms with van der Waals surface area (Å²) in [6, 6.07) is 10.2. The van der Waals surface area contributed by atoms with Gasteiger partial charge < -0.3 is 9.92 Å². The van der Waals surface area contributed by atoms with Crippen molar-refractivity contribution in [3.8, 4) is 0 Å². The van der Waals surface area contributed by atoms with Crippen LogP contribution in [0.1, 0.15) is 11.1 Å². The van der Waals surface area contributed by atoms with Crippen LogP contribution < -0.4 is 5.73 Å². The van der Waals surface area contributed by atoms with Gasteiger partial charge in [-0.15, -0.1) is 0 Å². The number of hydrogen-bond acceptors (Lipinski definition) is 5. The number of nitrogens with two attached hydrogens (primary N) is 1. The molecule has 0 spiro atoms. The molecular weight excluding hydrogens is 387 g/mol. The Kier molecular flexibility index (Phi) is 6.05. The van der Waals surface area contributed by atoms with Crippen LogP contribution in [-0.4, -0.2) is 20.2 Å². The van der Waals surface area contributed by atoms with E-state index in [1.165, 1.54) is 30.3 Å². The van der Waals surface area contributed by atoms with Gasteiger partial charge in [-0.05, 0) is 41.5 Å². The van der Waals surface area contributed by atoms with E-state index < -0.39 is 21.9 Å². The first-order chi connectivity index (χ1) is 11.7. The maximum absolute atomic E-state index is 12.2. The number of carbonyl (C=O) groups is 1. The molecule has 6 nitrogen and oxygen atoms in total. The Bertz CT molecular complexity index is 892. The standard InChI is InChI=1S/C16H14Cl2N2O4S/c17-12-5-11(6-13(18)9-12)8-16(20)24-25(22,23)14-3-1-10(2-4-14)7-15(19)21/h1-6,9,20H,7-8H2,(H2,19,21). The molecule has 0 bridgehead atoms. The van der Waals surface area contributed by atoms with Crippen molar-refractivity contribution < 1.29 is 17.4 Å². The summed E-state index contributed by atoms with van der Waals surface area (Å²) in [4.78, 5) is 10.7. The predicted octanol–water partition coefficient (Wildman–Crippen LogP) is 2.95. The Hall–Kier alpha value is -2.09. The van der Waals surface area contributed by atoms with Crippen molar-refractivity contribution in [1.82, 2.24) is 0 Å². The number of rotatable bonds is 6. The van der Waals surface area contributed by atoms with Crippen molar-refractivity contribution in [2.45, 2.75) is 17.7 Å². The molecule has 9 heteroatoms. The fourth-order valence-electron chi connectivity index (χ4n) is 2.08. The summed E-state index contributed by atoms with van der Waals surface area (Å²) < 4.78 is 29.2. The molecule has 2 aromatic carbocycles. The van der Waals surface area contributed by atoms with Crippen molar-refractivity contribution in [3.05, 3.63) is 63.6 Å². The second kappa shape index (κ2) is 7.86. The molecule has 132 valence electrons. The molecule has 0 aliphatic rings. The van der Waals surface area contributed by atoms with Crippen LogP contribution in [0.5, 0.6) is 0 Å². The molecular formula is C16H14Cl2N2O4S. The lowest BCUT2D eigenvalue weighted by molar-refractivity contribution is -0.117. The minimum absolute atomic E-state index is 0.00648. The topological polar surface area (TPSA) is 110 Å². The van der Waals surface area contributed by atoms with Gasteiger partial charge in [0.25, 0.3) is 0 Å². The molecule has 25 heavy (non-hydrogen) atoms. The van der Waals surface area contributed by atoms with Crippen LogP contribution in [-0.2, 0) is 31.9 Å². The first-order valence-corrected chi connectivity index (χ1v) is 9.16. The fraction of sp³-hybridized carbons (Fsp3) is 0.125. The molecule has 0 aliphatic heterocycles. The van der Waals surface area contributed by atoms with Crippen molar-refractivity contribution >= 4 is 45.1 Å². The molecule has 0 heterocycles. The van der Waals surface area contributed by atoms with E-state index in [4.69, 9.17) is 38.5 Å². The second-order valence-electron chi connectivity index (χ2n) is 5.20. The largest absolute Gasteiger partial charge is 0.369 e. The summed E-state index contributed by atoms with van der Waals surface area (Å²) in [7, 11) is -4.15. The lowest BCUT2D eigenvalue weighted by atomic mass is 10.1. The molecule has 0 unspecified atom stereocenters. The van der Waals surface area contributed by atoms with E-state index in [1.807, 2.05) is 0 Å². The average Bonchev–Trinajstić information content (AvgIpc) is 2.45. The van der Waals surface area contributed by atoms with Gasteiger partial charge in [-0.1, -0.05) is 35.3 Å². The molecule has 0 saturated heterocycles. The Morgan fingerprint density at radius 2 is 1.56 bits per heavy atom. The number of amides is 1. The minimum atomic E-state index is -4.15. The third kappa shape index (κ3) is 5.74. The summed E-state index contributed by atoms with van der Waals surface area (Å²) in [5, 5.41) is 8.51. The summed E-state index contributed by atoms with van der Waals surface area (Å²) in [6.45, 7) is 0. The summed E-state index contributed by atoms with van der Waals surface area (Å²) in [5.41, 5.74) is 6.21. The third-order valence-electron chi connectivity index (χ3n) is 3.09. The summed E-state index contributed by atoms with van der Waals surface area (Å²) in [6.07, 6.45) is -0.0776. The van der Waals surface area contributed by atoms with Crippen LogP contribution in [0, 0.1) is 5.41 Å². The van der Waals surface area contributed by atoms with Crippen molar-refractivity contribution in [3.63, 3.8) is 0 Å². The van der Waals surface area contributed by atoms with Crippen molar-refractivity contribution in [2.75, 3.05) is 0 Å². The Labute approximate surface area is 155 Å². The Morgan fingerprint density at radius 1 is 1.00 bits per heavy atom. The SMILES string of the molecule is N=C(Cc1cc(Cl)cc(Cl)c1)OS(=O)(=O)c1ccc(CC(N)=O)cc1. The highest BCUT2D eigenvalue weighted by molar-refractivity contribution is 7.87. The average molecular weight is 401 g/mol. The maximum Gasteiger partial charge on any atom is 0.340 e. The van der Waals surface area contributed by atoms with Crippen LogP contribution in [0.4, 0.5) is 0 Å². The molecule has 3 N–H and O–H groups in total. The quantitative estimate of drug-likeness (QED) is 0.441. The number of carbonyl (C=O) groups excluding carboxylic acids is 1. The van der Waals surface area contributed by atoms with E-state index >= 15 is 0 Å². The van der Waals surface area contributed by atoms with Gasteiger partial charge in [-0.2, -0.15) is 8.42 Å². The lowest BCUT2D eigenvalue weighted by Crippen LogP contribution is -2.15.